The molecule has 6 nitrogen and oxygen atoms in total. The van der Waals surface area contributed by atoms with Gasteiger partial charge in [-0.3, -0.25) is 0 Å². The lowest BCUT2D eigenvalue weighted by Gasteiger charge is -2.15. The van der Waals surface area contributed by atoms with Gasteiger partial charge in [0.25, 0.3) is 0 Å². The third-order valence-electron chi connectivity index (χ3n) is 3.74. The lowest BCUT2D eigenvalue weighted by Crippen LogP contribution is -2.13. The fraction of sp³-hybridized carbons (Fsp3) is 0.533. The van der Waals surface area contributed by atoms with Crippen LogP contribution < -0.4 is 11.5 Å². The van der Waals surface area contributed by atoms with Crippen LogP contribution in [-0.4, -0.2) is 20.2 Å². The minimum atomic E-state index is 0.589. The number of rotatable bonds is 7. The number of aromatic nitrogens is 4. The zero-order valence-corrected chi connectivity index (χ0v) is 12.8. The van der Waals surface area contributed by atoms with Gasteiger partial charge in [0.2, 0.25) is 0 Å². The minimum absolute atomic E-state index is 0.589. The first-order valence-corrected chi connectivity index (χ1v) is 7.56. The highest BCUT2D eigenvalue weighted by Gasteiger charge is 2.14. The van der Waals surface area contributed by atoms with E-state index >= 15 is 0 Å². The van der Waals surface area contributed by atoms with Crippen LogP contribution >= 0.6 is 0 Å². The topological polar surface area (TPSA) is 95.6 Å². The predicted molar refractivity (Wildman–Crippen MR) is 85.4 cm³/mol. The summed E-state index contributed by atoms with van der Waals surface area (Å²) in [6.45, 7) is 5.25. The predicted octanol–water partition coefficient (Wildman–Crippen LogP) is 2.72. The fourth-order valence-electron chi connectivity index (χ4n) is 2.50. The summed E-state index contributed by atoms with van der Waals surface area (Å²) in [5, 5.41) is 12.1. The Balaban J connectivity index is 2.21. The number of nitrogens with two attached hydrogens (primary N) is 2. The summed E-state index contributed by atoms with van der Waals surface area (Å²) >= 11 is 0. The molecule has 0 radical (unpaired) electrons. The quantitative estimate of drug-likeness (QED) is 0.764. The summed E-state index contributed by atoms with van der Waals surface area (Å²) in [6, 6.07) is 5.44. The number of nitrogens with zero attached hydrogens (tertiary/aromatic N) is 4. The van der Waals surface area contributed by atoms with Gasteiger partial charge in [0, 0.05) is 23.5 Å². The van der Waals surface area contributed by atoms with E-state index in [1.165, 1.54) is 19.3 Å². The van der Waals surface area contributed by atoms with Crippen molar-refractivity contribution in [2.24, 2.45) is 5.92 Å². The average Bonchev–Trinajstić information content (AvgIpc) is 2.90. The van der Waals surface area contributed by atoms with Crippen LogP contribution in [0.1, 0.15) is 39.5 Å². The summed E-state index contributed by atoms with van der Waals surface area (Å²) in [4.78, 5) is 0. The van der Waals surface area contributed by atoms with Crippen LogP contribution in [0.3, 0.4) is 0 Å². The summed E-state index contributed by atoms with van der Waals surface area (Å²) in [5.41, 5.74) is 13.8. The van der Waals surface area contributed by atoms with Crippen molar-refractivity contribution in [3.63, 3.8) is 0 Å². The van der Waals surface area contributed by atoms with E-state index < -0.39 is 0 Å². The molecule has 21 heavy (non-hydrogen) atoms. The zero-order valence-electron chi connectivity index (χ0n) is 12.8. The highest BCUT2D eigenvalue weighted by Crippen LogP contribution is 2.24. The van der Waals surface area contributed by atoms with E-state index in [9.17, 15) is 0 Å². The second kappa shape index (κ2) is 7.06. The molecule has 4 N–H and O–H groups in total. The van der Waals surface area contributed by atoms with Gasteiger partial charge in [0.1, 0.15) is 0 Å². The van der Waals surface area contributed by atoms with Crippen LogP contribution in [-0.2, 0) is 6.54 Å². The second-order valence-corrected chi connectivity index (χ2v) is 5.49. The molecule has 2 aromatic rings. The average molecular weight is 288 g/mol. The van der Waals surface area contributed by atoms with Crippen molar-refractivity contribution in [2.75, 3.05) is 11.5 Å². The van der Waals surface area contributed by atoms with E-state index in [1.54, 1.807) is 6.07 Å². The van der Waals surface area contributed by atoms with E-state index in [4.69, 9.17) is 11.5 Å². The molecule has 2 rings (SSSR count). The van der Waals surface area contributed by atoms with E-state index in [1.807, 2.05) is 16.8 Å². The lowest BCUT2D eigenvalue weighted by molar-refractivity contribution is 0.370. The molecule has 6 heteroatoms. The Morgan fingerprint density at radius 3 is 2.48 bits per heavy atom. The van der Waals surface area contributed by atoms with Crippen molar-refractivity contribution >= 4 is 11.4 Å². The first-order chi connectivity index (χ1) is 10.1. The van der Waals surface area contributed by atoms with E-state index in [0.717, 1.165) is 24.4 Å². The molecular formula is C15H24N6. The molecule has 0 aliphatic heterocycles. The number of hydrogen-bond acceptors (Lipinski definition) is 5. The van der Waals surface area contributed by atoms with Crippen LogP contribution in [0.4, 0.5) is 11.4 Å². The highest BCUT2D eigenvalue weighted by molar-refractivity contribution is 5.67. The van der Waals surface area contributed by atoms with Crippen molar-refractivity contribution in [3.8, 4) is 11.4 Å². The Morgan fingerprint density at radius 1 is 1.14 bits per heavy atom. The van der Waals surface area contributed by atoms with Crippen LogP contribution in [0.15, 0.2) is 18.2 Å². The minimum Gasteiger partial charge on any atom is -0.399 e. The van der Waals surface area contributed by atoms with Crippen LogP contribution in [0, 0.1) is 5.92 Å². The van der Waals surface area contributed by atoms with Crippen molar-refractivity contribution < 1.29 is 0 Å². The molecule has 1 aromatic heterocycles. The Bertz CT molecular complexity index is 557. The van der Waals surface area contributed by atoms with Gasteiger partial charge in [0.05, 0.1) is 0 Å². The molecule has 0 aliphatic rings. The molecule has 0 fully saturated rings. The van der Waals surface area contributed by atoms with E-state index in [2.05, 4.69) is 29.4 Å². The fourth-order valence-corrected chi connectivity index (χ4v) is 2.50. The number of benzene rings is 1. The number of tetrazole rings is 1. The van der Waals surface area contributed by atoms with Crippen LogP contribution in [0.5, 0.6) is 0 Å². The third-order valence-corrected chi connectivity index (χ3v) is 3.74. The standard InChI is InChI=1S/C15H24N6/c1-3-5-6-11(4-2)10-21-15(18-19-20-21)12-7-13(16)9-14(17)8-12/h7-9,11H,3-6,10,16-17H2,1-2H3. The Labute approximate surface area is 125 Å². The van der Waals surface area contributed by atoms with Crippen LogP contribution in [0.2, 0.25) is 0 Å². The molecule has 1 atom stereocenters. The Kier molecular flexibility index (Phi) is 5.14. The van der Waals surface area contributed by atoms with E-state index in [-0.39, 0.29) is 0 Å². The smallest absolute Gasteiger partial charge is 0.182 e. The molecule has 1 heterocycles. The zero-order chi connectivity index (χ0) is 15.2. The molecule has 114 valence electrons. The summed E-state index contributed by atoms with van der Waals surface area (Å²) < 4.78 is 1.86. The summed E-state index contributed by atoms with van der Waals surface area (Å²) in [6.07, 6.45) is 4.77. The maximum atomic E-state index is 5.85. The van der Waals surface area contributed by atoms with Gasteiger partial charge in [0.15, 0.2) is 5.82 Å². The first-order valence-electron chi connectivity index (χ1n) is 7.56. The maximum absolute atomic E-state index is 5.85. The largest absolute Gasteiger partial charge is 0.399 e. The van der Waals surface area contributed by atoms with E-state index in [0.29, 0.717) is 17.3 Å². The molecule has 0 saturated heterocycles. The van der Waals surface area contributed by atoms with Crippen molar-refractivity contribution in [1.29, 1.82) is 0 Å². The summed E-state index contributed by atoms with van der Waals surface area (Å²) in [7, 11) is 0. The van der Waals surface area contributed by atoms with Gasteiger partial charge in [-0.15, -0.1) is 5.10 Å². The molecule has 0 spiro atoms. The Hall–Kier alpha value is -2.11. The lowest BCUT2D eigenvalue weighted by atomic mass is 9.99. The molecule has 1 unspecified atom stereocenters. The molecule has 0 aliphatic carbocycles. The Morgan fingerprint density at radius 2 is 1.86 bits per heavy atom. The normalized spacial score (nSPS) is 12.5. The van der Waals surface area contributed by atoms with Gasteiger partial charge >= 0.3 is 0 Å². The summed E-state index contributed by atoms with van der Waals surface area (Å²) in [5.74, 6) is 1.31. The molecule has 0 bridgehead atoms. The molecular weight excluding hydrogens is 264 g/mol. The number of unbranched alkanes of at least 4 members (excludes halogenated alkanes) is 1. The van der Waals surface area contributed by atoms with Gasteiger partial charge in [-0.2, -0.15) is 0 Å². The highest BCUT2D eigenvalue weighted by atomic mass is 15.5. The second-order valence-electron chi connectivity index (χ2n) is 5.49. The van der Waals surface area contributed by atoms with Crippen molar-refractivity contribution in [2.45, 2.75) is 46.1 Å². The maximum Gasteiger partial charge on any atom is 0.182 e. The molecule has 1 aromatic carbocycles. The van der Waals surface area contributed by atoms with Gasteiger partial charge in [-0.05, 0) is 41.0 Å². The molecule has 0 amide bonds. The van der Waals surface area contributed by atoms with Gasteiger partial charge < -0.3 is 11.5 Å². The number of nitrogen functional groups attached to an aromatic ring is 2. The monoisotopic (exact) mass is 288 g/mol. The van der Waals surface area contributed by atoms with Crippen molar-refractivity contribution in [1.82, 2.24) is 20.2 Å². The first kappa shape index (κ1) is 15.3. The van der Waals surface area contributed by atoms with Gasteiger partial charge in [-0.1, -0.05) is 33.1 Å². The number of anilines is 2. The number of hydrogen-bond donors (Lipinski definition) is 2. The SMILES string of the molecule is CCCCC(CC)Cn1nnnc1-c1cc(N)cc(N)c1. The third kappa shape index (κ3) is 3.93. The van der Waals surface area contributed by atoms with Gasteiger partial charge in [-0.25, -0.2) is 4.68 Å². The molecule has 0 saturated carbocycles. The van der Waals surface area contributed by atoms with Crippen molar-refractivity contribution in [3.05, 3.63) is 18.2 Å². The van der Waals surface area contributed by atoms with Crippen LogP contribution in [0.25, 0.3) is 11.4 Å².